The molecular formula is C33H39F3N4O5. The van der Waals surface area contributed by atoms with E-state index < -0.39 is 29.5 Å². The van der Waals surface area contributed by atoms with Crippen LogP contribution in [0.1, 0.15) is 58.1 Å². The fourth-order valence-corrected chi connectivity index (χ4v) is 5.80. The Hall–Kier alpha value is -4.19. The second kappa shape index (κ2) is 12.3. The number of halogens is 3. The molecule has 1 saturated heterocycles. The summed E-state index contributed by atoms with van der Waals surface area (Å²) in [4.78, 5) is 16.9. The molecule has 1 N–H and O–H groups in total. The Bertz CT molecular complexity index is 1540. The highest BCUT2D eigenvalue weighted by molar-refractivity contribution is 6.16. The summed E-state index contributed by atoms with van der Waals surface area (Å²) in [5, 5.41) is 16.3. The summed E-state index contributed by atoms with van der Waals surface area (Å²) in [6, 6.07) is 9.09. The standard InChI is InChI=1S/C33H39F3N4O5/c1-7-8-27-30-25(12-14-39(30)31(42)45-32(2,3)4)29(20-15-23(43-5)18-24(16-20)44-6)37-40(27)28-17-21(38-13-11-22(41)19-38)9-10-26(28)33(34,35)36/h8-10,15-18,22,41H,7,11-14,19H2,1-6H3/b27-8+. The van der Waals surface area contributed by atoms with E-state index in [1.807, 2.05) is 11.8 Å². The lowest BCUT2D eigenvalue weighted by Crippen LogP contribution is -2.38. The van der Waals surface area contributed by atoms with Gasteiger partial charge in [-0.25, -0.2) is 9.80 Å². The first-order valence-electron chi connectivity index (χ1n) is 14.9. The maximum Gasteiger partial charge on any atom is 0.418 e. The van der Waals surface area contributed by atoms with Crippen molar-refractivity contribution in [2.75, 3.05) is 43.8 Å². The molecule has 2 aromatic rings. The van der Waals surface area contributed by atoms with Crippen LogP contribution in [0.3, 0.4) is 0 Å². The minimum Gasteiger partial charge on any atom is -0.497 e. The highest BCUT2D eigenvalue weighted by atomic mass is 19.4. The molecule has 0 saturated carbocycles. The highest BCUT2D eigenvalue weighted by Crippen LogP contribution is 2.46. The number of hydrazone groups is 1. The summed E-state index contributed by atoms with van der Waals surface area (Å²) in [5.74, 6) is 0.950. The maximum atomic E-state index is 14.7. The van der Waals surface area contributed by atoms with Crippen molar-refractivity contribution in [1.29, 1.82) is 0 Å². The number of ether oxygens (including phenoxy) is 3. The fraction of sp³-hybridized carbons (Fsp3) is 0.455. The molecule has 0 aromatic heterocycles. The number of hydrogen-bond acceptors (Lipinski definition) is 8. The Balaban J connectivity index is 1.77. The number of anilines is 2. The van der Waals surface area contributed by atoms with Crippen LogP contribution in [0.4, 0.5) is 29.3 Å². The minimum atomic E-state index is -4.71. The lowest BCUT2D eigenvalue weighted by atomic mass is 9.96. The summed E-state index contributed by atoms with van der Waals surface area (Å²) in [6.07, 6.45) is -2.72. The van der Waals surface area contributed by atoms with E-state index in [0.29, 0.717) is 77.8 Å². The van der Waals surface area contributed by atoms with Crippen LogP contribution in [0.15, 0.2) is 64.5 Å². The number of β-amino-alcohol motifs (C(OH)–C–C–N with tert-alkyl or cyclic N) is 1. The van der Waals surface area contributed by atoms with Crippen LogP contribution < -0.4 is 19.4 Å². The van der Waals surface area contributed by atoms with Gasteiger partial charge < -0.3 is 24.2 Å². The second-order valence-corrected chi connectivity index (χ2v) is 12.2. The lowest BCUT2D eigenvalue weighted by Gasteiger charge is -2.35. The zero-order chi connectivity index (χ0) is 32.7. The second-order valence-electron chi connectivity index (χ2n) is 12.2. The Morgan fingerprint density at radius 3 is 2.31 bits per heavy atom. The average Bonchev–Trinajstić information content (AvgIpc) is 3.62. The summed E-state index contributed by atoms with van der Waals surface area (Å²) in [6.45, 7) is 8.23. The van der Waals surface area contributed by atoms with E-state index in [1.165, 1.54) is 36.3 Å². The van der Waals surface area contributed by atoms with Crippen molar-refractivity contribution in [3.05, 3.63) is 70.6 Å². The van der Waals surface area contributed by atoms with Gasteiger partial charge in [-0.15, -0.1) is 0 Å². The fourth-order valence-electron chi connectivity index (χ4n) is 5.80. The number of amides is 1. The van der Waals surface area contributed by atoms with Crippen LogP contribution in [0.25, 0.3) is 0 Å². The van der Waals surface area contributed by atoms with E-state index >= 15 is 0 Å². The Kier molecular flexibility index (Phi) is 8.81. The molecule has 0 spiro atoms. The van der Waals surface area contributed by atoms with E-state index in [9.17, 15) is 23.1 Å². The monoisotopic (exact) mass is 628 g/mol. The van der Waals surface area contributed by atoms with Crippen LogP contribution in [0.5, 0.6) is 11.5 Å². The van der Waals surface area contributed by atoms with Crippen molar-refractivity contribution < 1.29 is 37.3 Å². The van der Waals surface area contributed by atoms with Crippen molar-refractivity contribution in [2.24, 2.45) is 5.10 Å². The number of carbonyl (C=O) groups is 1. The third-order valence-electron chi connectivity index (χ3n) is 7.78. The topological polar surface area (TPSA) is 87.1 Å². The number of aliphatic hydroxyl groups is 1. The van der Waals surface area contributed by atoms with Gasteiger partial charge in [0.05, 0.1) is 48.7 Å². The maximum absolute atomic E-state index is 14.7. The minimum absolute atomic E-state index is 0.198. The van der Waals surface area contributed by atoms with E-state index in [4.69, 9.17) is 19.3 Å². The molecule has 2 aromatic carbocycles. The van der Waals surface area contributed by atoms with Gasteiger partial charge in [-0.2, -0.15) is 18.3 Å². The van der Waals surface area contributed by atoms with E-state index in [2.05, 4.69) is 0 Å². The number of alkyl halides is 3. The molecule has 1 fully saturated rings. The van der Waals surface area contributed by atoms with Gasteiger partial charge in [-0.05, 0) is 70.4 Å². The molecule has 0 radical (unpaired) electrons. The summed E-state index contributed by atoms with van der Waals surface area (Å²) < 4.78 is 60.8. The molecule has 3 aliphatic heterocycles. The van der Waals surface area contributed by atoms with Crippen LogP contribution in [-0.4, -0.2) is 67.4 Å². The number of benzene rings is 2. The van der Waals surface area contributed by atoms with Crippen LogP contribution in [0, 0.1) is 0 Å². The Morgan fingerprint density at radius 2 is 1.76 bits per heavy atom. The van der Waals surface area contributed by atoms with Crippen molar-refractivity contribution in [1.82, 2.24) is 4.90 Å². The third kappa shape index (κ3) is 6.61. The zero-order valence-electron chi connectivity index (χ0n) is 26.4. The normalized spacial score (nSPS) is 19.7. The molecule has 1 amide bonds. The zero-order valence-corrected chi connectivity index (χ0v) is 26.4. The smallest absolute Gasteiger partial charge is 0.418 e. The van der Waals surface area contributed by atoms with Crippen molar-refractivity contribution in [2.45, 2.75) is 64.8 Å². The van der Waals surface area contributed by atoms with Gasteiger partial charge in [-0.3, -0.25) is 4.90 Å². The highest BCUT2D eigenvalue weighted by Gasteiger charge is 2.43. The van der Waals surface area contributed by atoms with Crippen molar-refractivity contribution in [3.8, 4) is 11.5 Å². The number of carbonyl (C=O) groups excluding carboxylic acids is 1. The quantitative estimate of drug-likeness (QED) is 0.381. The lowest BCUT2D eigenvalue weighted by molar-refractivity contribution is -0.137. The predicted octanol–water partition coefficient (Wildman–Crippen LogP) is 6.71. The van der Waals surface area contributed by atoms with Gasteiger partial charge in [0.2, 0.25) is 0 Å². The molecule has 9 nitrogen and oxygen atoms in total. The third-order valence-corrected chi connectivity index (χ3v) is 7.78. The molecule has 0 bridgehead atoms. The molecule has 242 valence electrons. The number of rotatable bonds is 6. The first-order valence-corrected chi connectivity index (χ1v) is 14.9. The van der Waals surface area contributed by atoms with Crippen molar-refractivity contribution in [3.63, 3.8) is 0 Å². The molecule has 45 heavy (non-hydrogen) atoms. The molecule has 5 rings (SSSR count). The van der Waals surface area contributed by atoms with E-state index in [0.717, 1.165) is 6.07 Å². The van der Waals surface area contributed by atoms with Crippen molar-refractivity contribution >= 4 is 23.2 Å². The molecular weight excluding hydrogens is 589 g/mol. The van der Waals surface area contributed by atoms with E-state index in [1.54, 1.807) is 45.0 Å². The van der Waals surface area contributed by atoms with Gasteiger partial charge in [0, 0.05) is 42.5 Å². The summed E-state index contributed by atoms with van der Waals surface area (Å²) in [7, 11) is 3.02. The summed E-state index contributed by atoms with van der Waals surface area (Å²) >= 11 is 0. The molecule has 3 heterocycles. The SMILES string of the molecule is CC/C=C1\C2=C(CCN2C(=O)OC(C)(C)C)C(c2cc(OC)cc(OC)c2)=NN1c1cc(N2CCC(O)C2)ccc1C(F)(F)F. The van der Waals surface area contributed by atoms with Crippen LogP contribution in [0.2, 0.25) is 0 Å². The first kappa shape index (κ1) is 32.2. The van der Waals surface area contributed by atoms with Gasteiger partial charge in [0.1, 0.15) is 17.1 Å². The largest absolute Gasteiger partial charge is 0.497 e. The predicted molar refractivity (Wildman–Crippen MR) is 166 cm³/mol. The number of nitrogens with zero attached hydrogens (tertiary/aromatic N) is 4. The molecule has 12 heteroatoms. The number of hydrogen-bond donors (Lipinski definition) is 1. The van der Waals surface area contributed by atoms with Gasteiger partial charge >= 0.3 is 12.3 Å². The first-order chi connectivity index (χ1) is 21.2. The van der Waals surface area contributed by atoms with Gasteiger partial charge in [-0.1, -0.05) is 13.0 Å². The molecule has 3 aliphatic rings. The molecule has 1 atom stereocenters. The average molecular weight is 629 g/mol. The van der Waals surface area contributed by atoms with Crippen LogP contribution >= 0.6 is 0 Å². The van der Waals surface area contributed by atoms with E-state index in [-0.39, 0.29) is 12.2 Å². The van der Waals surface area contributed by atoms with Crippen LogP contribution in [-0.2, 0) is 10.9 Å². The van der Waals surface area contributed by atoms with Gasteiger partial charge in [0.15, 0.2) is 0 Å². The molecule has 1 unspecified atom stereocenters. The number of allylic oxidation sites excluding steroid dienone is 1. The molecule has 0 aliphatic carbocycles. The number of methoxy groups -OCH3 is 2. The Morgan fingerprint density at radius 1 is 1.07 bits per heavy atom. The number of aliphatic hydroxyl groups excluding tert-OH is 1. The van der Waals surface area contributed by atoms with Gasteiger partial charge in [0.25, 0.3) is 0 Å². The Labute approximate surface area is 261 Å². The summed E-state index contributed by atoms with van der Waals surface area (Å²) in [5.41, 5.74) is 1.07.